The number of para-hydroxylation sites is 1. The van der Waals surface area contributed by atoms with Crippen molar-refractivity contribution in [3.8, 4) is 5.75 Å². The Morgan fingerprint density at radius 1 is 1.15 bits per heavy atom. The van der Waals surface area contributed by atoms with Gasteiger partial charge < -0.3 is 14.6 Å². The molecule has 1 aromatic carbocycles. The summed E-state index contributed by atoms with van der Waals surface area (Å²) >= 11 is 0. The zero-order valence-corrected chi connectivity index (χ0v) is 15.2. The van der Waals surface area contributed by atoms with E-state index in [4.69, 9.17) is 9.47 Å². The molecule has 4 bridgehead atoms. The van der Waals surface area contributed by atoms with E-state index in [1.165, 1.54) is 13.5 Å². The summed E-state index contributed by atoms with van der Waals surface area (Å²) in [5.41, 5.74) is -0.298. The molecular weight excluding hydrogens is 332 g/mol. The molecular formula is C21H26O5. The fraction of sp³-hybridized carbons (Fsp3) is 0.619. The number of rotatable bonds is 6. The summed E-state index contributed by atoms with van der Waals surface area (Å²) in [4.78, 5) is 24.8. The van der Waals surface area contributed by atoms with Crippen LogP contribution in [-0.2, 0) is 9.53 Å². The van der Waals surface area contributed by atoms with E-state index in [-0.39, 0.29) is 23.8 Å². The second-order valence-electron chi connectivity index (χ2n) is 8.65. The smallest absolute Gasteiger partial charge is 0.306 e. The number of benzene rings is 1. The molecule has 0 heterocycles. The standard InChI is InChI=1S/C21H26O5/c1-25-18-5-3-2-4-16(18)17(22)12-26-19(23)11-20-7-14-6-15(8-20)10-21(24,9-14)13-20/h2-5,14-15,24H,6-13H2,1H3/t14-,15+,20?,21?. The van der Waals surface area contributed by atoms with Gasteiger partial charge in [-0.25, -0.2) is 0 Å². The van der Waals surface area contributed by atoms with Gasteiger partial charge in [0.05, 0.1) is 24.7 Å². The van der Waals surface area contributed by atoms with Gasteiger partial charge in [0.25, 0.3) is 0 Å². The van der Waals surface area contributed by atoms with Crippen LogP contribution in [0.3, 0.4) is 0 Å². The van der Waals surface area contributed by atoms with Crippen LogP contribution in [0, 0.1) is 17.3 Å². The van der Waals surface area contributed by atoms with Crippen LogP contribution >= 0.6 is 0 Å². The van der Waals surface area contributed by atoms with Crippen LogP contribution in [0.15, 0.2) is 24.3 Å². The average molecular weight is 358 g/mol. The van der Waals surface area contributed by atoms with E-state index >= 15 is 0 Å². The van der Waals surface area contributed by atoms with Gasteiger partial charge in [0.15, 0.2) is 6.61 Å². The monoisotopic (exact) mass is 358 g/mol. The zero-order chi connectivity index (χ0) is 18.4. The van der Waals surface area contributed by atoms with Gasteiger partial charge in [-0.2, -0.15) is 0 Å². The van der Waals surface area contributed by atoms with Gasteiger partial charge in [-0.1, -0.05) is 12.1 Å². The normalized spacial score (nSPS) is 34.5. The number of aliphatic hydroxyl groups is 1. The predicted octanol–water partition coefficient (Wildman–Crippen LogP) is 3.14. The Balaban J connectivity index is 1.37. The number of Topliss-reactive ketones (excluding diaryl/α,β-unsaturated/α-hetero) is 1. The summed E-state index contributed by atoms with van der Waals surface area (Å²) < 4.78 is 10.5. The highest BCUT2D eigenvalue weighted by molar-refractivity contribution is 6.00. The predicted molar refractivity (Wildman–Crippen MR) is 95.0 cm³/mol. The molecule has 0 radical (unpaired) electrons. The van der Waals surface area contributed by atoms with Crippen molar-refractivity contribution in [2.45, 2.75) is 50.5 Å². The van der Waals surface area contributed by atoms with Crippen LogP contribution in [0.1, 0.15) is 55.3 Å². The van der Waals surface area contributed by atoms with Crippen LogP contribution < -0.4 is 4.74 Å². The van der Waals surface area contributed by atoms with Crippen LogP contribution in [0.2, 0.25) is 0 Å². The Hall–Kier alpha value is -1.88. The zero-order valence-electron chi connectivity index (χ0n) is 15.2. The van der Waals surface area contributed by atoms with Crippen molar-refractivity contribution < 1.29 is 24.2 Å². The van der Waals surface area contributed by atoms with Crippen molar-refractivity contribution in [2.75, 3.05) is 13.7 Å². The Morgan fingerprint density at radius 3 is 2.50 bits per heavy atom. The van der Waals surface area contributed by atoms with E-state index in [2.05, 4.69) is 0 Å². The van der Waals surface area contributed by atoms with Gasteiger partial charge in [0.1, 0.15) is 5.75 Å². The first kappa shape index (κ1) is 17.5. The molecule has 1 N–H and O–H groups in total. The molecule has 0 aromatic heterocycles. The molecule has 5 heteroatoms. The van der Waals surface area contributed by atoms with Gasteiger partial charge in [-0.05, 0) is 67.9 Å². The van der Waals surface area contributed by atoms with Crippen molar-refractivity contribution in [1.82, 2.24) is 0 Å². The van der Waals surface area contributed by atoms with Gasteiger partial charge >= 0.3 is 5.97 Å². The van der Waals surface area contributed by atoms with Crippen LogP contribution in [0.4, 0.5) is 0 Å². The molecule has 0 amide bonds. The maximum Gasteiger partial charge on any atom is 0.306 e. The van der Waals surface area contributed by atoms with Gasteiger partial charge in [-0.3, -0.25) is 9.59 Å². The summed E-state index contributed by atoms with van der Waals surface area (Å²) in [5.74, 6) is 0.948. The Morgan fingerprint density at radius 2 is 1.85 bits per heavy atom. The summed E-state index contributed by atoms with van der Waals surface area (Å²) in [6.07, 6.45) is 5.96. The third kappa shape index (κ3) is 3.25. The van der Waals surface area contributed by atoms with Crippen molar-refractivity contribution in [3.05, 3.63) is 29.8 Å². The third-order valence-electron chi connectivity index (χ3n) is 6.44. The molecule has 4 fully saturated rings. The minimum Gasteiger partial charge on any atom is -0.496 e. The number of carbonyl (C=O) groups is 2. The number of ether oxygens (including phenoxy) is 2. The summed E-state index contributed by atoms with van der Waals surface area (Å²) in [5, 5.41) is 10.8. The highest BCUT2D eigenvalue weighted by atomic mass is 16.5. The second kappa shape index (κ2) is 6.38. The summed E-state index contributed by atoms with van der Waals surface area (Å²) in [6.45, 7) is -0.271. The van der Waals surface area contributed by atoms with E-state index in [9.17, 15) is 14.7 Å². The van der Waals surface area contributed by atoms with Crippen LogP contribution in [-0.4, -0.2) is 36.2 Å². The maximum absolute atomic E-state index is 12.4. The number of hydrogen-bond donors (Lipinski definition) is 1. The molecule has 1 aromatic rings. The molecule has 4 atom stereocenters. The Bertz CT molecular complexity index is 711. The molecule has 0 spiro atoms. The molecule has 0 aliphatic heterocycles. The second-order valence-corrected chi connectivity index (χ2v) is 8.65. The van der Waals surface area contributed by atoms with Crippen molar-refractivity contribution in [1.29, 1.82) is 0 Å². The lowest BCUT2D eigenvalue weighted by Crippen LogP contribution is -2.56. The minimum absolute atomic E-state index is 0.136. The largest absolute Gasteiger partial charge is 0.496 e. The first-order valence-electron chi connectivity index (χ1n) is 9.45. The first-order chi connectivity index (χ1) is 12.4. The fourth-order valence-electron chi connectivity index (χ4n) is 6.06. The molecule has 5 nitrogen and oxygen atoms in total. The summed E-state index contributed by atoms with van der Waals surface area (Å²) in [6, 6.07) is 6.93. The quantitative estimate of drug-likeness (QED) is 0.625. The summed E-state index contributed by atoms with van der Waals surface area (Å²) in [7, 11) is 1.51. The van der Waals surface area contributed by atoms with E-state index in [0.29, 0.717) is 36.0 Å². The SMILES string of the molecule is COc1ccccc1C(=O)COC(=O)CC12C[C@@H]3C[C@@H](CC(O)(C3)C1)C2. The molecule has 4 aliphatic rings. The number of esters is 1. The van der Waals surface area contributed by atoms with E-state index in [0.717, 1.165) is 25.7 Å². The van der Waals surface area contributed by atoms with E-state index < -0.39 is 5.60 Å². The van der Waals surface area contributed by atoms with Gasteiger partial charge in [0, 0.05) is 0 Å². The Labute approximate surface area is 153 Å². The Kier molecular flexibility index (Phi) is 4.30. The highest BCUT2D eigenvalue weighted by Crippen LogP contribution is 2.62. The topological polar surface area (TPSA) is 72.8 Å². The van der Waals surface area contributed by atoms with E-state index in [1.54, 1.807) is 24.3 Å². The van der Waals surface area contributed by atoms with Crippen LogP contribution in [0.25, 0.3) is 0 Å². The van der Waals surface area contributed by atoms with Crippen molar-refractivity contribution in [2.24, 2.45) is 17.3 Å². The van der Waals surface area contributed by atoms with Crippen molar-refractivity contribution >= 4 is 11.8 Å². The maximum atomic E-state index is 12.4. The average Bonchev–Trinajstić information content (AvgIpc) is 2.57. The molecule has 2 unspecified atom stereocenters. The lowest BCUT2D eigenvalue weighted by molar-refractivity contribution is -0.176. The third-order valence-corrected chi connectivity index (χ3v) is 6.44. The first-order valence-corrected chi connectivity index (χ1v) is 9.45. The molecule has 5 rings (SSSR count). The number of ketones is 1. The molecule has 4 aliphatic carbocycles. The molecule has 0 saturated heterocycles. The van der Waals surface area contributed by atoms with Gasteiger partial charge in [-0.15, -0.1) is 0 Å². The number of carbonyl (C=O) groups excluding carboxylic acids is 2. The molecule has 140 valence electrons. The van der Waals surface area contributed by atoms with E-state index in [1.807, 2.05) is 0 Å². The van der Waals surface area contributed by atoms with Gasteiger partial charge in [0.2, 0.25) is 5.78 Å². The highest BCUT2D eigenvalue weighted by Gasteiger charge is 2.57. The lowest BCUT2D eigenvalue weighted by Gasteiger charge is -2.60. The van der Waals surface area contributed by atoms with Crippen LogP contribution in [0.5, 0.6) is 5.75 Å². The lowest BCUT2D eigenvalue weighted by atomic mass is 9.47. The molecule has 4 saturated carbocycles. The fourth-order valence-corrected chi connectivity index (χ4v) is 6.06. The van der Waals surface area contributed by atoms with Crippen molar-refractivity contribution in [3.63, 3.8) is 0 Å². The minimum atomic E-state index is -0.586. The number of hydrogen-bond acceptors (Lipinski definition) is 5. The number of methoxy groups -OCH3 is 1. The molecule has 26 heavy (non-hydrogen) atoms.